The first-order chi connectivity index (χ1) is 15.0. The van der Waals surface area contributed by atoms with Crippen LogP contribution >= 0.6 is 11.3 Å². The number of aryl methyl sites for hydroxylation is 1. The van der Waals surface area contributed by atoms with Crippen LogP contribution in [0.4, 0.5) is 5.82 Å². The number of nitrogens with zero attached hydrogens (tertiary/aromatic N) is 2. The maximum absolute atomic E-state index is 12.7. The van der Waals surface area contributed by atoms with Crippen molar-refractivity contribution in [1.29, 1.82) is 0 Å². The number of carboxylic acid groups (broad SMARTS) is 1. The van der Waals surface area contributed by atoms with E-state index in [0.717, 1.165) is 16.1 Å². The molecule has 0 atom stereocenters. The summed E-state index contributed by atoms with van der Waals surface area (Å²) in [5.74, 6) is -0.715. The number of ether oxygens (including phenoxy) is 2. The van der Waals surface area contributed by atoms with E-state index in [1.807, 2.05) is 6.92 Å². The van der Waals surface area contributed by atoms with Crippen molar-refractivity contribution in [2.45, 2.75) is 20.0 Å². The van der Waals surface area contributed by atoms with Crippen molar-refractivity contribution < 1.29 is 24.2 Å². The minimum atomic E-state index is -1.09. The van der Waals surface area contributed by atoms with Gasteiger partial charge in [-0.15, -0.1) is 11.3 Å². The fourth-order valence-electron chi connectivity index (χ4n) is 2.72. The highest BCUT2D eigenvalue weighted by molar-refractivity contribution is 7.09. The number of nitrogens with one attached hydrogen (secondary N) is 1. The summed E-state index contributed by atoms with van der Waals surface area (Å²) in [6.45, 7) is 6.16. The molecule has 3 aromatic rings. The maximum atomic E-state index is 12.7. The van der Waals surface area contributed by atoms with Crippen LogP contribution in [-0.2, 0) is 17.8 Å². The van der Waals surface area contributed by atoms with Crippen LogP contribution in [0.15, 0.2) is 54.9 Å². The second-order valence-electron chi connectivity index (χ2n) is 6.49. The second-order valence-corrected chi connectivity index (χ2v) is 7.43. The Labute approximate surface area is 183 Å². The average Bonchev–Trinajstić information content (AvgIpc) is 3.17. The van der Waals surface area contributed by atoms with Crippen LogP contribution in [0.25, 0.3) is 0 Å². The Morgan fingerprint density at radius 3 is 2.71 bits per heavy atom. The van der Waals surface area contributed by atoms with E-state index in [-0.39, 0.29) is 18.0 Å². The summed E-state index contributed by atoms with van der Waals surface area (Å²) in [4.78, 5) is 33.0. The van der Waals surface area contributed by atoms with Gasteiger partial charge in [0.15, 0.2) is 0 Å². The van der Waals surface area contributed by atoms with Crippen molar-refractivity contribution in [3.05, 3.63) is 82.1 Å². The number of anilines is 1. The van der Waals surface area contributed by atoms with Crippen LogP contribution < -0.4 is 10.1 Å². The number of hydrogen-bond acceptors (Lipinski definition) is 7. The normalized spacial score (nSPS) is 10.4. The van der Waals surface area contributed by atoms with E-state index in [2.05, 4.69) is 21.9 Å². The largest absolute Gasteiger partial charge is 0.497 e. The standard InChI is InChI=1S/C22H21N3O5S/c1-3-29-12-15-8-17(21(26)25-20-5-4-16(11-23-20)22(27)28)10-18(9-15)30-7-6-19-14(2)24-13-31-19/h3-5,8-11,13H,1,6-7,12H2,2H3,(H,27,28)(H,23,25,26). The van der Waals surface area contributed by atoms with Crippen LogP contribution in [0.1, 0.15) is 36.9 Å². The third-order valence-corrected chi connectivity index (χ3v) is 5.29. The molecule has 2 heterocycles. The highest BCUT2D eigenvalue weighted by Gasteiger charge is 2.12. The van der Waals surface area contributed by atoms with Gasteiger partial charge in [0.1, 0.15) is 18.2 Å². The van der Waals surface area contributed by atoms with E-state index in [1.54, 1.807) is 35.0 Å². The first-order valence-electron chi connectivity index (χ1n) is 9.35. The van der Waals surface area contributed by atoms with E-state index >= 15 is 0 Å². The lowest BCUT2D eigenvalue weighted by molar-refractivity contribution is 0.0696. The van der Waals surface area contributed by atoms with E-state index in [1.165, 1.54) is 24.6 Å². The average molecular weight is 439 g/mol. The number of aromatic carboxylic acids is 1. The van der Waals surface area contributed by atoms with Gasteiger partial charge in [0, 0.05) is 23.1 Å². The molecule has 160 valence electrons. The second kappa shape index (κ2) is 10.4. The van der Waals surface area contributed by atoms with Gasteiger partial charge in [-0.3, -0.25) is 4.79 Å². The zero-order valence-corrected chi connectivity index (χ0v) is 17.6. The number of thiazole rings is 1. The molecule has 0 spiro atoms. The van der Waals surface area contributed by atoms with Gasteiger partial charge in [0.2, 0.25) is 0 Å². The van der Waals surface area contributed by atoms with E-state index in [4.69, 9.17) is 14.6 Å². The summed E-state index contributed by atoms with van der Waals surface area (Å²) in [6, 6.07) is 7.93. The first kappa shape index (κ1) is 22.0. The van der Waals surface area contributed by atoms with E-state index in [0.29, 0.717) is 24.3 Å². The summed E-state index contributed by atoms with van der Waals surface area (Å²) in [6.07, 6.45) is 3.22. The van der Waals surface area contributed by atoms with E-state index < -0.39 is 11.9 Å². The zero-order valence-electron chi connectivity index (χ0n) is 16.8. The van der Waals surface area contributed by atoms with Crippen LogP contribution in [0.2, 0.25) is 0 Å². The summed E-state index contributed by atoms with van der Waals surface area (Å²) < 4.78 is 11.1. The molecule has 9 heteroatoms. The Kier molecular flexibility index (Phi) is 7.34. The lowest BCUT2D eigenvalue weighted by Crippen LogP contribution is -2.14. The molecule has 0 radical (unpaired) electrons. The lowest BCUT2D eigenvalue weighted by atomic mass is 10.1. The molecule has 2 aromatic heterocycles. The predicted molar refractivity (Wildman–Crippen MR) is 117 cm³/mol. The fourth-order valence-corrected chi connectivity index (χ4v) is 3.49. The van der Waals surface area contributed by atoms with Gasteiger partial charge < -0.3 is 19.9 Å². The molecule has 0 unspecified atom stereocenters. The first-order valence-corrected chi connectivity index (χ1v) is 10.2. The number of aromatic nitrogens is 2. The van der Waals surface area contributed by atoms with Crippen molar-refractivity contribution in [2.24, 2.45) is 0 Å². The fraction of sp³-hybridized carbons (Fsp3) is 0.182. The molecule has 0 aliphatic carbocycles. The molecule has 3 rings (SSSR count). The number of rotatable bonds is 10. The molecular formula is C22H21N3O5S. The third kappa shape index (κ3) is 6.13. The third-order valence-electron chi connectivity index (χ3n) is 4.29. The quantitative estimate of drug-likeness (QED) is 0.458. The van der Waals surface area contributed by atoms with Crippen LogP contribution in [0.5, 0.6) is 5.75 Å². The highest BCUT2D eigenvalue weighted by Crippen LogP contribution is 2.21. The summed E-state index contributed by atoms with van der Waals surface area (Å²) >= 11 is 1.58. The molecule has 1 amide bonds. The van der Waals surface area contributed by atoms with Gasteiger partial charge in [0.25, 0.3) is 5.91 Å². The number of carboxylic acids is 1. The molecule has 0 fully saturated rings. The number of benzene rings is 1. The zero-order chi connectivity index (χ0) is 22.2. The van der Waals surface area contributed by atoms with E-state index in [9.17, 15) is 9.59 Å². The van der Waals surface area contributed by atoms with Crippen LogP contribution in [0, 0.1) is 6.92 Å². The molecule has 31 heavy (non-hydrogen) atoms. The number of pyridine rings is 1. The molecule has 1 aromatic carbocycles. The van der Waals surface area contributed by atoms with Crippen molar-refractivity contribution in [3.8, 4) is 5.75 Å². The summed E-state index contributed by atoms with van der Waals surface area (Å²) in [5, 5.41) is 11.6. The SMILES string of the molecule is C=COCc1cc(OCCc2scnc2C)cc(C(=O)Nc2ccc(C(=O)O)cn2)c1. The smallest absolute Gasteiger partial charge is 0.337 e. The Balaban J connectivity index is 1.73. The Morgan fingerprint density at radius 2 is 2.06 bits per heavy atom. The molecule has 2 N–H and O–H groups in total. The highest BCUT2D eigenvalue weighted by atomic mass is 32.1. The Hall–Kier alpha value is -3.72. The minimum absolute atomic E-state index is 0.0356. The number of carbonyl (C=O) groups excluding carboxylic acids is 1. The number of carbonyl (C=O) groups is 2. The van der Waals surface area contributed by atoms with Gasteiger partial charge in [0.05, 0.1) is 29.6 Å². The molecule has 0 saturated carbocycles. The maximum Gasteiger partial charge on any atom is 0.337 e. The molecule has 8 nitrogen and oxygen atoms in total. The molecular weight excluding hydrogens is 418 g/mol. The topological polar surface area (TPSA) is 111 Å². The van der Waals surface area contributed by atoms with Crippen molar-refractivity contribution in [1.82, 2.24) is 9.97 Å². The number of amides is 1. The predicted octanol–water partition coefficient (Wildman–Crippen LogP) is 4.08. The monoisotopic (exact) mass is 439 g/mol. The van der Waals surface area contributed by atoms with Crippen molar-refractivity contribution in [3.63, 3.8) is 0 Å². The van der Waals surface area contributed by atoms with Crippen LogP contribution in [-0.4, -0.2) is 33.6 Å². The number of hydrogen-bond donors (Lipinski definition) is 2. The lowest BCUT2D eigenvalue weighted by Gasteiger charge is -2.12. The summed E-state index contributed by atoms with van der Waals surface area (Å²) in [5.41, 5.74) is 3.93. The molecule has 0 bridgehead atoms. The molecule has 0 aliphatic heterocycles. The summed E-state index contributed by atoms with van der Waals surface area (Å²) in [7, 11) is 0. The van der Waals surface area contributed by atoms with Gasteiger partial charge in [-0.05, 0) is 42.8 Å². The molecule has 0 saturated heterocycles. The Morgan fingerprint density at radius 1 is 1.23 bits per heavy atom. The van der Waals surface area contributed by atoms with Crippen molar-refractivity contribution >= 4 is 29.0 Å². The molecule has 0 aliphatic rings. The van der Waals surface area contributed by atoms with Crippen molar-refractivity contribution in [2.75, 3.05) is 11.9 Å². The van der Waals surface area contributed by atoms with Gasteiger partial charge in [-0.25, -0.2) is 14.8 Å². The minimum Gasteiger partial charge on any atom is -0.497 e. The van der Waals surface area contributed by atoms with Gasteiger partial charge >= 0.3 is 5.97 Å². The van der Waals surface area contributed by atoms with Gasteiger partial charge in [-0.1, -0.05) is 6.58 Å². The van der Waals surface area contributed by atoms with Crippen LogP contribution in [0.3, 0.4) is 0 Å². The Bertz CT molecular complexity index is 1080. The van der Waals surface area contributed by atoms with Gasteiger partial charge in [-0.2, -0.15) is 0 Å².